The van der Waals surface area contributed by atoms with Crippen LogP contribution in [0, 0.1) is 0 Å². The summed E-state index contributed by atoms with van der Waals surface area (Å²) in [5.74, 6) is -0.887. The van der Waals surface area contributed by atoms with Gasteiger partial charge in [0.05, 0.1) is 0 Å². The van der Waals surface area contributed by atoms with Gasteiger partial charge in [0.15, 0.2) is 0 Å². The van der Waals surface area contributed by atoms with Gasteiger partial charge >= 0.3 is 5.97 Å². The van der Waals surface area contributed by atoms with Crippen LogP contribution in [0.25, 0.3) is 0 Å². The van der Waals surface area contributed by atoms with Crippen LogP contribution in [-0.2, 0) is 4.79 Å². The van der Waals surface area contributed by atoms with Gasteiger partial charge in [0, 0.05) is 19.1 Å². The quantitative estimate of drug-likeness (QED) is 0.722. The van der Waals surface area contributed by atoms with E-state index in [0.29, 0.717) is 12.5 Å². The average Bonchev–Trinajstić information content (AvgIpc) is 2.64. The molecule has 2 saturated heterocycles. The third-order valence-electron chi connectivity index (χ3n) is 3.96. The molecule has 2 aliphatic heterocycles. The number of rotatable bonds is 4. The van der Waals surface area contributed by atoms with Crippen LogP contribution in [0.3, 0.4) is 0 Å². The molecule has 2 fully saturated rings. The summed E-state index contributed by atoms with van der Waals surface area (Å²) in [6.07, 6.45) is 4.36. The number of carboxylic acids is 1. The van der Waals surface area contributed by atoms with E-state index in [1.807, 2.05) is 0 Å². The second-order valence-electron chi connectivity index (χ2n) is 5.22. The van der Waals surface area contributed by atoms with Gasteiger partial charge < -0.3 is 15.7 Å². The van der Waals surface area contributed by atoms with Gasteiger partial charge in [0.25, 0.3) is 0 Å². The van der Waals surface area contributed by atoms with Crippen LogP contribution < -0.4 is 5.73 Å². The highest BCUT2D eigenvalue weighted by atomic mass is 16.4. The maximum atomic E-state index is 10.7. The summed E-state index contributed by atoms with van der Waals surface area (Å²) in [6, 6.07) is -0.0171. The van der Waals surface area contributed by atoms with Crippen molar-refractivity contribution in [3.63, 3.8) is 0 Å². The molecule has 2 unspecified atom stereocenters. The summed E-state index contributed by atoms with van der Waals surface area (Å²) < 4.78 is 0. The lowest BCUT2D eigenvalue weighted by atomic mass is 10.2. The molecule has 0 aromatic heterocycles. The lowest BCUT2D eigenvalue weighted by molar-refractivity contribution is -0.138. The molecule has 0 aliphatic carbocycles. The second-order valence-corrected chi connectivity index (χ2v) is 5.22. The van der Waals surface area contributed by atoms with Crippen molar-refractivity contribution in [1.29, 1.82) is 0 Å². The Labute approximate surface area is 103 Å². The normalized spacial score (nSPS) is 28.6. The minimum Gasteiger partial charge on any atom is -0.480 e. The van der Waals surface area contributed by atoms with Crippen molar-refractivity contribution in [2.75, 3.05) is 32.7 Å². The third kappa shape index (κ3) is 3.40. The predicted molar refractivity (Wildman–Crippen MR) is 65.9 cm³/mol. The molecule has 0 aromatic carbocycles. The lowest BCUT2D eigenvalue weighted by Crippen LogP contribution is -2.39. The fraction of sp³-hybridized carbons (Fsp3) is 0.917. The first-order valence-electron chi connectivity index (χ1n) is 6.61. The van der Waals surface area contributed by atoms with E-state index in [1.54, 1.807) is 0 Å². The van der Waals surface area contributed by atoms with Crippen molar-refractivity contribution >= 4 is 5.97 Å². The van der Waals surface area contributed by atoms with E-state index in [0.717, 1.165) is 19.6 Å². The summed E-state index contributed by atoms with van der Waals surface area (Å²) in [5.41, 5.74) is 5.54. The molecule has 98 valence electrons. The van der Waals surface area contributed by atoms with Gasteiger partial charge in [0.2, 0.25) is 0 Å². The largest absolute Gasteiger partial charge is 0.480 e. The molecular weight excluding hydrogens is 218 g/mol. The van der Waals surface area contributed by atoms with Crippen LogP contribution in [0.15, 0.2) is 0 Å². The summed E-state index contributed by atoms with van der Waals surface area (Å²) in [5, 5.41) is 8.77. The molecule has 2 atom stereocenters. The van der Waals surface area contributed by atoms with E-state index in [-0.39, 0.29) is 0 Å². The van der Waals surface area contributed by atoms with Crippen LogP contribution in [0.5, 0.6) is 0 Å². The fourth-order valence-electron chi connectivity index (χ4n) is 2.93. The third-order valence-corrected chi connectivity index (χ3v) is 3.96. The van der Waals surface area contributed by atoms with Crippen LogP contribution in [0.4, 0.5) is 0 Å². The number of hydrogen-bond donors (Lipinski definition) is 2. The summed E-state index contributed by atoms with van der Waals surface area (Å²) in [6.45, 7) is 5.43. The van der Waals surface area contributed by atoms with Gasteiger partial charge in [-0.25, -0.2) is 0 Å². The minimum absolute atomic E-state index is 0.558. The van der Waals surface area contributed by atoms with Crippen molar-refractivity contribution < 1.29 is 9.90 Å². The number of hydrogen-bond acceptors (Lipinski definition) is 4. The Hall–Kier alpha value is -0.650. The first-order valence-corrected chi connectivity index (χ1v) is 6.61. The van der Waals surface area contributed by atoms with Crippen LogP contribution in [-0.4, -0.2) is 65.7 Å². The van der Waals surface area contributed by atoms with Crippen molar-refractivity contribution in [2.45, 2.75) is 37.8 Å². The summed E-state index contributed by atoms with van der Waals surface area (Å²) in [4.78, 5) is 15.6. The van der Waals surface area contributed by atoms with Crippen molar-refractivity contribution in [2.24, 2.45) is 5.73 Å². The first-order chi connectivity index (χ1) is 8.16. The smallest absolute Gasteiger partial charge is 0.320 e. The van der Waals surface area contributed by atoms with Gasteiger partial charge in [-0.3, -0.25) is 9.69 Å². The van der Waals surface area contributed by atoms with Gasteiger partial charge in [-0.15, -0.1) is 0 Å². The molecule has 0 aromatic rings. The number of fused-ring (bicyclic) bond motifs is 1. The molecule has 0 saturated carbocycles. The Morgan fingerprint density at radius 1 is 1.35 bits per heavy atom. The van der Waals surface area contributed by atoms with Crippen molar-refractivity contribution in [3.8, 4) is 0 Å². The van der Waals surface area contributed by atoms with Gasteiger partial charge in [-0.1, -0.05) is 0 Å². The molecule has 17 heavy (non-hydrogen) atoms. The standard InChI is InChI=1S/C12H23N3O2/c13-11(12(16)17)4-8-14-5-2-7-15-6-1-3-10(15)9-14/h10-11H,1-9,13H2,(H,16,17). The highest BCUT2D eigenvalue weighted by Gasteiger charge is 2.28. The molecule has 0 radical (unpaired) electrons. The Bertz CT molecular complexity index is 272. The zero-order valence-electron chi connectivity index (χ0n) is 10.3. The maximum Gasteiger partial charge on any atom is 0.320 e. The molecule has 2 aliphatic rings. The van der Waals surface area contributed by atoms with E-state index in [2.05, 4.69) is 9.80 Å². The molecule has 0 amide bonds. The van der Waals surface area contributed by atoms with Gasteiger partial charge in [0.1, 0.15) is 6.04 Å². The van der Waals surface area contributed by atoms with Crippen LogP contribution >= 0.6 is 0 Å². The molecule has 5 nitrogen and oxygen atoms in total. The number of aliphatic carboxylic acids is 1. The van der Waals surface area contributed by atoms with Crippen molar-refractivity contribution in [3.05, 3.63) is 0 Å². The zero-order valence-corrected chi connectivity index (χ0v) is 10.3. The molecule has 5 heteroatoms. The second kappa shape index (κ2) is 5.80. The lowest BCUT2D eigenvalue weighted by Gasteiger charge is -2.25. The fourth-order valence-corrected chi connectivity index (χ4v) is 2.93. The summed E-state index contributed by atoms with van der Waals surface area (Å²) >= 11 is 0. The number of carbonyl (C=O) groups is 1. The average molecular weight is 241 g/mol. The highest BCUT2D eigenvalue weighted by molar-refractivity contribution is 5.72. The van der Waals surface area contributed by atoms with E-state index < -0.39 is 12.0 Å². The summed E-state index contributed by atoms with van der Waals surface area (Å²) in [7, 11) is 0. The number of carboxylic acid groups (broad SMARTS) is 1. The zero-order chi connectivity index (χ0) is 12.3. The van der Waals surface area contributed by atoms with E-state index in [9.17, 15) is 4.79 Å². The monoisotopic (exact) mass is 241 g/mol. The SMILES string of the molecule is NC(CCN1CCCN2CCCC2C1)C(=O)O. The number of nitrogens with zero attached hydrogens (tertiary/aromatic N) is 2. The highest BCUT2D eigenvalue weighted by Crippen LogP contribution is 2.21. The van der Waals surface area contributed by atoms with Gasteiger partial charge in [-0.05, 0) is 45.3 Å². The Morgan fingerprint density at radius 3 is 2.88 bits per heavy atom. The topological polar surface area (TPSA) is 69.8 Å². The van der Waals surface area contributed by atoms with Crippen molar-refractivity contribution in [1.82, 2.24) is 9.80 Å². The maximum absolute atomic E-state index is 10.7. The van der Waals surface area contributed by atoms with Crippen LogP contribution in [0.2, 0.25) is 0 Å². The minimum atomic E-state index is -0.887. The molecule has 0 bridgehead atoms. The van der Waals surface area contributed by atoms with E-state index in [1.165, 1.54) is 32.4 Å². The Kier molecular flexibility index (Phi) is 4.36. The van der Waals surface area contributed by atoms with Crippen LogP contribution in [0.1, 0.15) is 25.7 Å². The molecule has 3 N–H and O–H groups in total. The Morgan fingerprint density at radius 2 is 2.12 bits per heavy atom. The first kappa shape index (κ1) is 12.8. The predicted octanol–water partition coefficient (Wildman–Crippen LogP) is -0.0415. The number of nitrogens with two attached hydrogens (primary N) is 1. The molecule has 2 rings (SSSR count). The van der Waals surface area contributed by atoms with E-state index in [4.69, 9.17) is 10.8 Å². The molecule has 0 spiro atoms. The molecule has 2 heterocycles. The Balaban J connectivity index is 1.78. The van der Waals surface area contributed by atoms with Gasteiger partial charge in [-0.2, -0.15) is 0 Å². The molecular formula is C12H23N3O2. The van der Waals surface area contributed by atoms with E-state index >= 15 is 0 Å².